The summed E-state index contributed by atoms with van der Waals surface area (Å²) < 4.78 is 60.5. The van der Waals surface area contributed by atoms with Gasteiger partial charge in [-0.2, -0.15) is 10.2 Å². The van der Waals surface area contributed by atoms with E-state index in [2.05, 4.69) is 41.3 Å². The Morgan fingerprint density at radius 2 is 1.80 bits per heavy atom. The number of fused-ring (bicyclic) bond motifs is 1. The first kappa shape index (κ1) is 47.1. The van der Waals surface area contributed by atoms with Crippen molar-refractivity contribution in [2.75, 3.05) is 24.7 Å². The van der Waals surface area contributed by atoms with Crippen LogP contribution < -0.4 is 22.5 Å². The zero-order valence-electron chi connectivity index (χ0n) is 33.5. The largest absolute Gasteiger partial charge is 0.472 e. The molecule has 0 spiro atoms. The van der Waals surface area contributed by atoms with Gasteiger partial charge in [-0.1, -0.05) is 18.2 Å². The van der Waals surface area contributed by atoms with Gasteiger partial charge in [0.05, 0.1) is 42.6 Å². The van der Waals surface area contributed by atoms with Gasteiger partial charge in [-0.25, -0.2) is 38.7 Å². The number of amides is 1. The fraction of sp³-hybridized carbons (Fsp3) is 0.361. The molecule has 2 aliphatic rings. The van der Waals surface area contributed by atoms with E-state index < -0.39 is 83.5 Å². The predicted octanol–water partition coefficient (Wildman–Crippen LogP) is 1.21. The average molecular weight is 960 g/mol. The van der Waals surface area contributed by atoms with Crippen molar-refractivity contribution in [1.82, 2.24) is 39.4 Å². The first-order valence-electron chi connectivity index (χ1n) is 19.1. The highest BCUT2D eigenvalue weighted by molar-refractivity contribution is 7.47. The quantitative estimate of drug-likeness (QED) is 0.0368. The van der Waals surface area contributed by atoms with E-state index in [1.807, 2.05) is 6.07 Å². The van der Waals surface area contributed by atoms with Gasteiger partial charge in [-0.15, -0.1) is 17.9 Å². The number of esters is 1. The molecule has 4 unspecified atom stereocenters. The highest BCUT2D eigenvalue weighted by atomic mass is 32.1. The van der Waals surface area contributed by atoms with E-state index in [1.54, 1.807) is 18.2 Å². The molecule has 0 saturated carbocycles. The van der Waals surface area contributed by atoms with Crippen molar-refractivity contribution < 1.29 is 66.3 Å². The summed E-state index contributed by atoms with van der Waals surface area (Å²) in [6.07, 6.45) is -5.23. The number of thiazole rings is 1. The van der Waals surface area contributed by atoms with E-state index in [1.165, 1.54) is 35.3 Å². The molecule has 4 aromatic heterocycles. The molecule has 344 valence electrons. The minimum Gasteiger partial charge on any atom is -0.452 e. The molecule has 2 fully saturated rings. The third-order valence-electron chi connectivity index (χ3n) is 9.79. The zero-order chi connectivity index (χ0) is 46.6. The lowest BCUT2D eigenvalue weighted by molar-refractivity contribution is -0.121. The van der Waals surface area contributed by atoms with Gasteiger partial charge >= 0.3 is 27.3 Å². The van der Waals surface area contributed by atoms with Crippen molar-refractivity contribution in [3.8, 4) is 16.5 Å². The Balaban J connectivity index is 1.15. The van der Waals surface area contributed by atoms with Gasteiger partial charge in [0, 0.05) is 19.0 Å². The molecule has 1 aromatic carbocycles. The van der Waals surface area contributed by atoms with Gasteiger partial charge in [-0.05, 0) is 30.2 Å². The van der Waals surface area contributed by atoms with Gasteiger partial charge < -0.3 is 50.8 Å². The van der Waals surface area contributed by atoms with Crippen LogP contribution in [-0.2, 0) is 48.3 Å². The van der Waals surface area contributed by atoms with Crippen molar-refractivity contribution in [1.29, 1.82) is 5.26 Å². The molecule has 2 aliphatic heterocycles. The highest BCUT2D eigenvalue weighted by Crippen LogP contribution is 2.50. The van der Waals surface area contributed by atoms with Gasteiger partial charge in [0.2, 0.25) is 5.91 Å². The Morgan fingerprint density at radius 1 is 1.05 bits per heavy atom. The number of aliphatic hydroxyl groups excluding tert-OH is 1. The lowest BCUT2D eigenvalue weighted by atomic mass is 10.1. The summed E-state index contributed by atoms with van der Waals surface area (Å²) in [6, 6.07) is 9.49. The van der Waals surface area contributed by atoms with Gasteiger partial charge in [0.15, 0.2) is 29.5 Å². The Kier molecular flexibility index (Phi) is 14.3. The molecule has 7 rings (SSSR count). The van der Waals surface area contributed by atoms with Crippen LogP contribution in [0.5, 0.6) is 0 Å². The molecule has 0 bridgehead atoms. The smallest absolute Gasteiger partial charge is 0.452 e. The SMILES string of the molecule is C=CCCC(=O)NCc1nc(C(=O)OC2C(O)[C@H](n3cnc4c(N)ncnc43)O[C@@H]2COP(=O)(O)OC2C[C@H](n3ccc(N)nc3=O)O[C@@H]2COP(=O)(O)O)c(-c2ccc(C#N)cc2)s1. The fourth-order valence-corrected chi connectivity index (χ4v) is 9.05. The molecule has 6 heterocycles. The normalized spacial score (nSPS) is 22.9. The molecular weight excluding hydrogens is 920 g/mol. The summed E-state index contributed by atoms with van der Waals surface area (Å²) in [5.74, 6) is -1.51. The molecule has 26 nitrogen and oxygen atoms in total. The number of nitrogens with two attached hydrogens (primary N) is 2. The minimum absolute atomic E-state index is 0.00538. The number of nitrogens with zero attached hydrogens (tertiary/aromatic N) is 8. The zero-order valence-corrected chi connectivity index (χ0v) is 36.1. The van der Waals surface area contributed by atoms with Crippen molar-refractivity contribution in [3.63, 3.8) is 0 Å². The van der Waals surface area contributed by atoms with Crippen LogP contribution in [0.2, 0.25) is 0 Å². The van der Waals surface area contributed by atoms with Crippen LogP contribution in [0.3, 0.4) is 0 Å². The van der Waals surface area contributed by atoms with E-state index in [9.17, 15) is 48.6 Å². The third-order valence-corrected chi connectivity index (χ3v) is 12.4. The lowest BCUT2D eigenvalue weighted by Crippen LogP contribution is -2.38. The molecular formula is C36H39N11O15P2S. The number of nitrogens with one attached hydrogen (secondary N) is 1. The number of carbonyl (C=O) groups is 2. The van der Waals surface area contributed by atoms with Crippen LogP contribution >= 0.6 is 27.0 Å². The van der Waals surface area contributed by atoms with Crippen molar-refractivity contribution >= 4 is 61.7 Å². The number of benzene rings is 1. The maximum Gasteiger partial charge on any atom is 0.472 e. The number of hydrogen-bond acceptors (Lipinski definition) is 21. The second-order valence-corrected chi connectivity index (χ2v) is 17.9. The monoisotopic (exact) mass is 959 g/mol. The maximum atomic E-state index is 14.2. The van der Waals surface area contributed by atoms with E-state index >= 15 is 0 Å². The number of aliphatic hydroxyl groups is 1. The fourth-order valence-electron chi connectivity index (χ4n) is 6.75. The van der Waals surface area contributed by atoms with Crippen LogP contribution in [0.15, 0.2) is 66.6 Å². The van der Waals surface area contributed by atoms with E-state index in [0.717, 1.165) is 22.2 Å². The summed E-state index contributed by atoms with van der Waals surface area (Å²) in [5, 5.41) is 24.2. The van der Waals surface area contributed by atoms with Crippen LogP contribution in [0.25, 0.3) is 21.6 Å². The molecule has 2 saturated heterocycles. The average Bonchev–Trinajstić information content (AvgIpc) is 4.05. The highest BCUT2D eigenvalue weighted by Gasteiger charge is 2.50. The molecule has 5 aromatic rings. The number of ether oxygens (including phenoxy) is 3. The predicted molar refractivity (Wildman–Crippen MR) is 222 cm³/mol. The standard InChI is InChI=1S/C36H39N11O15P2S/c1-2-3-4-24(48)40-13-25-45-27(31(65-25)19-7-5-18(12-37)6-8-19)35(50)61-30-22(60-34(29(30)49)47-17-43-28-32(39)41-16-42-33(28)47)15-58-64(55,56)62-20-11-26(46-10-9-23(38)44-36(46)51)59-21(20)14-57-63(52,53)54/h2,5-10,16-17,20-22,26,29-30,34,49H,1,3-4,11,13-15H2,(H,40,48)(H,55,56)(H2,38,44,51)(H2,39,41,42)(H2,52,53,54)/t20?,21-,22-,26-,29?,30?,34-/m1/s1. The van der Waals surface area contributed by atoms with E-state index in [-0.39, 0.29) is 58.7 Å². The van der Waals surface area contributed by atoms with Crippen LogP contribution in [0.1, 0.15) is 52.8 Å². The summed E-state index contributed by atoms with van der Waals surface area (Å²) in [7, 11) is -10.3. The molecule has 0 radical (unpaired) electrons. The number of phosphoric acid groups is 2. The number of aromatic nitrogens is 7. The minimum atomic E-state index is -5.26. The number of anilines is 2. The van der Waals surface area contributed by atoms with Crippen molar-refractivity contribution in [2.45, 2.75) is 68.8 Å². The van der Waals surface area contributed by atoms with Crippen LogP contribution in [0, 0.1) is 11.3 Å². The number of imidazole rings is 1. The number of nitrogen functional groups attached to an aromatic ring is 2. The molecule has 9 N–H and O–H groups in total. The third kappa shape index (κ3) is 11.2. The molecule has 29 heteroatoms. The van der Waals surface area contributed by atoms with Gasteiger partial charge in [0.25, 0.3) is 0 Å². The van der Waals surface area contributed by atoms with Crippen LogP contribution in [0.4, 0.5) is 11.6 Å². The van der Waals surface area contributed by atoms with E-state index in [4.69, 9.17) is 34.7 Å². The van der Waals surface area contributed by atoms with Gasteiger partial charge in [0.1, 0.15) is 53.3 Å². The van der Waals surface area contributed by atoms with Gasteiger partial charge in [-0.3, -0.25) is 27.5 Å². The number of hydrogen-bond donors (Lipinski definition) is 7. The summed E-state index contributed by atoms with van der Waals surface area (Å²) >= 11 is 1.05. The second kappa shape index (κ2) is 19.7. The summed E-state index contributed by atoms with van der Waals surface area (Å²) in [6.45, 7) is 1.77. The Hall–Kier alpha value is -5.85. The van der Waals surface area contributed by atoms with Crippen molar-refractivity contribution in [3.05, 3.63) is 88.6 Å². The Morgan fingerprint density at radius 3 is 2.51 bits per heavy atom. The number of allylic oxidation sites excluding steroid dienone is 1. The molecule has 1 amide bonds. The van der Waals surface area contributed by atoms with Crippen LogP contribution in [-0.4, -0.2) is 109 Å². The first-order valence-corrected chi connectivity index (χ1v) is 23.0. The Labute approximate surface area is 370 Å². The number of phosphoric ester groups is 2. The summed E-state index contributed by atoms with van der Waals surface area (Å²) in [4.78, 5) is 89.5. The second-order valence-electron chi connectivity index (χ2n) is 14.2. The molecule has 0 aliphatic carbocycles. The number of nitriles is 1. The topological polar surface area (TPSA) is 384 Å². The van der Waals surface area contributed by atoms with E-state index in [0.29, 0.717) is 22.6 Å². The lowest BCUT2D eigenvalue weighted by Gasteiger charge is -2.23. The number of carbonyl (C=O) groups excluding carboxylic acids is 2. The summed E-state index contributed by atoms with van der Waals surface area (Å²) in [5.41, 5.74) is 11.5. The first-order chi connectivity index (χ1) is 30.9. The Bertz CT molecular complexity index is 2780. The molecule has 8 atom stereocenters. The molecule has 65 heavy (non-hydrogen) atoms. The van der Waals surface area contributed by atoms with Crippen molar-refractivity contribution in [2.24, 2.45) is 0 Å². The number of rotatable bonds is 18. The maximum absolute atomic E-state index is 14.2.